The van der Waals surface area contributed by atoms with Crippen LogP contribution in [0, 0.1) is 13.8 Å². The van der Waals surface area contributed by atoms with E-state index in [0.29, 0.717) is 41.9 Å². The highest BCUT2D eigenvalue weighted by Gasteiger charge is 2.25. The summed E-state index contributed by atoms with van der Waals surface area (Å²) in [5.41, 5.74) is 4.27. The first kappa shape index (κ1) is 21.6. The van der Waals surface area contributed by atoms with Crippen molar-refractivity contribution >= 4 is 28.4 Å². The number of piperazine rings is 1. The van der Waals surface area contributed by atoms with Crippen molar-refractivity contribution in [2.75, 3.05) is 26.2 Å². The van der Waals surface area contributed by atoms with Gasteiger partial charge in [-0.2, -0.15) is 4.98 Å². The number of aryl methyl sites for hydroxylation is 2. The summed E-state index contributed by atoms with van der Waals surface area (Å²) in [5.74, 6) is 1.19. The van der Waals surface area contributed by atoms with Crippen LogP contribution in [0.15, 0.2) is 53.1 Å². The van der Waals surface area contributed by atoms with Gasteiger partial charge in [-0.05, 0) is 43.7 Å². The lowest BCUT2D eigenvalue weighted by molar-refractivity contribution is 0.0614. The van der Waals surface area contributed by atoms with E-state index in [1.54, 1.807) is 0 Å². The number of nitrogens with zero attached hydrogens (tertiary/aromatic N) is 5. The lowest BCUT2D eigenvalue weighted by Gasteiger charge is -2.34. The molecule has 168 valence electrons. The Balaban J connectivity index is 1.23. The normalized spacial score (nSPS) is 14.7. The average molecular weight is 462 g/mol. The second kappa shape index (κ2) is 8.92. The molecule has 2 aromatic carbocycles. The molecule has 1 fully saturated rings. The molecule has 0 bridgehead atoms. The van der Waals surface area contributed by atoms with Crippen LogP contribution in [0.1, 0.15) is 27.5 Å². The Hall–Kier alpha value is -3.29. The van der Waals surface area contributed by atoms with Crippen molar-refractivity contribution in [2.45, 2.75) is 20.4 Å². The molecular formula is C25H24ClN5O2. The van der Waals surface area contributed by atoms with E-state index in [1.807, 2.05) is 67.3 Å². The van der Waals surface area contributed by atoms with Gasteiger partial charge in [0.05, 0.1) is 23.3 Å². The zero-order valence-electron chi connectivity index (χ0n) is 18.6. The van der Waals surface area contributed by atoms with E-state index >= 15 is 0 Å². The highest BCUT2D eigenvalue weighted by Crippen LogP contribution is 2.23. The molecule has 0 radical (unpaired) electrons. The number of hydrogen-bond acceptors (Lipinski definition) is 6. The molecule has 33 heavy (non-hydrogen) atoms. The fourth-order valence-corrected chi connectivity index (χ4v) is 4.36. The van der Waals surface area contributed by atoms with Crippen LogP contribution < -0.4 is 0 Å². The van der Waals surface area contributed by atoms with Gasteiger partial charge in [0, 0.05) is 42.2 Å². The monoisotopic (exact) mass is 461 g/mol. The third kappa shape index (κ3) is 4.47. The van der Waals surface area contributed by atoms with Gasteiger partial charge in [-0.3, -0.25) is 14.7 Å². The summed E-state index contributed by atoms with van der Waals surface area (Å²) in [6, 6.07) is 15.4. The summed E-state index contributed by atoms with van der Waals surface area (Å²) in [6.07, 6.45) is 0. The fourth-order valence-electron chi connectivity index (χ4n) is 4.18. The van der Waals surface area contributed by atoms with Crippen molar-refractivity contribution in [1.29, 1.82) is 0 Å². The first-order valence-electron chi connectivity index (χ1n) is 10.9. The van der Waals surface area contributed by atoms with Crippen LogP contribution in [0.5, 0.6) is 0 Å². The van der Waals surface area contributed by atoms with Crippen LogP contribution in [-0.4, -0.2) is 57.0 Å². The summed E-state index contributed by atoms with van der Waals surface area (Å²) >= 11 is 6.12. The molecule has 0 spiro atoms. The van der Waals surface area contributed by atoms with Crippen LogP contribution in [0.3, 0.4) is 0 Å². The predicted octanol–water partition coefficient (Wildman–Crippen LogP) is 4.51. The van der Waals surface area contributed by atoms with Gasteiger partial charge >= 0.3 is 0 Å². The van der Waals surface area contributed by atoms with Crippen molar-refractivity contribution in [1.82, 2.24) is 24.9 Å². The largest absolute Gasteiger partial charge is 0.338 e. The number of benzene rings is 2. The Bertz CT molecular complexity index is 1330. The minimum Gasteiger partial charge on any atom is -0.338 e. The van der Waals surface area contributed by atoms with Gasteiger partial charge < -0.3 is 9.42 Å². The molecule has 5 rings (SSSR count). The van der Waals surface area contributed by atoms with Gasteiger partial charge in [0.15, 0.2) is 0 Å². The van der Waals surface area contributed by atoms with E-state index in [2.05, 4.69) is 20.0 Å². The Kier molecular flexibility index (Phi) is 5.83. The maximum atomic E-state index is 13.2. The van der Waals surface area contributed by atoms with Gasteiger partial charge in [-0.15, -0.1) is 0 Å². The maximum Gasteiger partial charge on any atom is 0.255 e. The van der Waals surface area contributed by atoms with Crippen LogP contribution >= 0.6 is 11.6 Å². The Labute approximate surface area is 197 Å². The maximum absolute atomic E-state index is 13.2. The molecule has 0 unspecified atom stereocenters. The number of fused-ring (bicyclic) bond motifs is 1. The third-order valence-corrected chi connectivity index (χ3v) is 6.31. The number of amides is 1. The molecule has 4 aromatic rings. The number of hydrogen-bond donors (Lipinski definition) is 0. The third-order valence-electron chi connectivity index (χ3n) is 6.07. The van der Waals surface area contributed by atoms with E-state index in [1.165, 1.54) is 0 Å². The van der Waals surface area contributed by atoms with E-state index in [0.717, 1.165) is 40.8 Å². The minimum absolute atomic E-state index is 0.00107. The van der Waals surface area contributed by atoms with Crippen LogP contribution in [0.2, 0.25) is 5.02 Å². The lowest BCUT2D eigenvalue weighted by atomic mass is 10.1. The molecule has 7 nitrogen and oxygen atoms in total. The Morgan fingerprint density at radius 1 is 1.03 bits per heavy atom. The van der Waals surface area contributed by atoms with Crippen molar-refractivity contribution in [3.8, 4) is 11.4 Å². The summed E-state index contributed by atoms with van der Waals surface area (Å²) in [6.45, 7) is 7.20. The predicted molar refractivity (Wildman–Crippen MR) is 127 cm³/mol. The molecule has 0 N–H and O–H groups in total. The molecular weight excluding hydrogens is 438 g/mol. The lowest BCUT2D eigenvalue weighted by Crippen LogP contribution is -2.48. The molecule has 2 aromatic heterocycles. The zero-order chi connectivity index (χ0) is 22.9. The number of aromatic nitrogens is 3. The van der Waals surface area contributed by atoms with Crippen molar-refractivity contribution < 1.29 is 9.32 Å². The number of carbonyl (C=O) groups excluding carboxylic acids is 1. The summed E-state index contributed by atoms with van der Waals surface area (Å²) in [5, 5.41) is 5.65. The van der Waals surface area contributed by atoms with Crippen molar-refractivity contribution in [3.05, 3.63) is 76.3 Å². The SMILES string of the molecule is Cc1ccccc1-c1noc(CN2CCN(C(=O)c3cc4cc(Cl)ccc4nc3C)CC2)n1. The minimum atomic E-state index is 0.00107. The second-order valence-corrected chi connectivity index (χ2v) is 8.79. The molecule has 3 heterocycles. The molecule has 1 amide bonds. The molecule has 1 saturated heterocycles. The first-order valence-corrected chi connectivity index (χ1v) is 11.3. The Morgan fingerprint density at radius 3 is 2.61 bits per heavy atom. The molecule has 8 heteroatoms. The summed E-state index contributed by atoms with van der Waals surface area (Å²) in [4.78, 5) is 26.5. The van der Waals surface area contributed by atoms with Crippen LogP contribution in [-0.2, 0) is 6.54 Å². The second-order valence-electron chi connectivity index (χ2n) is 8.35. The molecule has 0 aliphatic carbocycles. The standard InChI is InChI=1S/C25H24ClN5O2/c1-16-5-3-4-6-20(16)24-28-23(33-29-24)15-30-9-11-31(12-10-30)25(32)21-14-18-13-19(26)7-8-22(18)27-17(21)2/h3-8,13-14H,9-12,15H2,1-2H3. The highest BCUT2D eigenvalue weighted by molar-refractivity contribution is 6.31. The molecule has 0 atom stereocenters. The topological polar surface area (TPSA) is 75.4 Å². The van der Waals surface area contributed by atoms with E-state index in [-0.39, 0.29) is 5.91 Å². The Morgan fingerprint density at radius 2 is 1.82 bits per heavy atom. The van der Waals surface area contributed by atoms with Gasteiger partial charge in [0.2, 0.25) is 11.7 Å². The number of rotatable bonds is 4. The van der Waals surface area contributed by atoms with E-state index < -0.39 is 0 Å². The van der Waals surface area contributed by atoms with Gasteiger partial charge in [-0.1, -0.05) is 41.0 Å². The number of carbonyl (C=O) groups is 1. The van der Waals surface area contributed by atoms with Gasteiger partial charge in [0.1, 0.15) is 0 Å². The summed E-state index contributed by atoms with van der Waals surface area (Å²) in [7, 11) is 0. The summed E-state index contributed by atoms with van der Waals surface area (Å²) < 4.78 is 5.48. The van der Waals surface area contributed by atoms with Gasteiger partial charge in [0.25, 0.3) is 5.91 Å². The van der Waals surface area contributed by atoms with E-state index in [9.17, 15) is 4.79 Å². The van der Waals surface area contributed by atoms with Crippen molar-refractivity contribution in [2.24, 2.45) is 0 Å². The molecule has 1 aliphatic rings. The zero-order valence-corrected chi connectivity index (χ0v) is 19.3. The quantitative estimate of drug-likeness (QED) is 0.445. The fraction of sp³-hybridized carbons (Fsp3) is 0.280. The van der Waals surface area contributed by atoms with Crippen molar-refractivity contribution in [3.63, 3.8) is 0 Å². The van der Waals surface area contributed by atoms with E-state index in [4.69, 9.17) is 16.1 Å². The number of pyridine rings is 1. The molecule has 1 aliphatic heterocycles. The average Bonchev–Trinajstić information content (AvgIpc) is 3.27. The highest BCUT2D eigenvalue weighted by atomic mass is 35.5. The smallest absolute Gasteiger partial charge is 0.255 e. The first-order chi connectivity index (χ1) is 16.0. The number of halogens is 1. The van der Waals surface area contributed by atoms with Crippen LogP contribution in [0.4, 0.5) is 0 Å². The van der Waals surface area contributed by atoms with Gasteiger partial charge in [-0.25, -0.2) is 0 Å². The molecule has 0 saturated carbocycles. The van der Waals surface area contributed by atoms with Crippen LogP contribution in [0.25, 0.3) is 22.3 Å².